The van der Waals surface area contributed by atoms with Gasteiger partial charge in [-0.05, 0) is 24.6 Å². The predicted octanol–water partition coefficient (Wildman–Crippen LogP) is 3.55. The first-order valence-electron chi connectivity index (χ1n) is 8.09. The van der Waals surface area contributed by atoms with Gasteiger partial charge in [-0.15, -0.1) is 0 Å². The minimum absolute atomic E-state index is 0.106. The zero-order valence-electron chi connectivity index (χ0n) is 14.8. The van der Waals surface area contributed by atoms with E-state index in [-0.39, 0.29) is 18.0 Å². The van der Waals surface area contributed by atoms with E-state index in [9.17, 15) is 25.0 Å². The standard InChI is InChI=1S/C18H16N4O6/c1-2-28-18(23)16(10-8-13-6-4-3-5-7-13)20-19-15-11-9-14(21(24)25)12-17(15)22(26)27/h3-12,19H,2H2,1H3/b10-8+,20-16-. The number of carbonyl (C=O) groups excluding carboxylic acids is 1. The largest absolute Gasteiger partial charge is 0.461 e. The van der Waals surface area contributed by atoms with E-state index in [1.54, 1.807) is 13.0 Å². The van der Waals surface area contributed by atoms with E-state index in [4.69, 9.17) is 4.74 Å². The number of esters is 1. The summed E-state index contributed by atoms with van der Waals surface area (Å²) in [5, 5.41) is 25.9. The number of nitrogens with zero attached hydrogens (tertiary/aromatic N) is 3. The van der Waals surface area contributed by atoms with E-state index in [0.29, 0.717) is 0 Å². The first kappa shape index (κ1) is 20.2. The van der Waals surface area contributed by atoms with Crippen LogP contribution in [-0.4, -0.2) is 28.1 Å². The summed E-state index contributed by atoms with van der Waals surface area (Å²) in [6.45, 7) is 1.75. The summed E-state index contributed by atoms with van der Waals surface area (Å²) in [4.78, 5) is 32.5. The number of carbonyl (C=O) groups is 1. The molecule has 0 fully saturated rings. The monoisotopic (exact) mass is 384 g/mol. The van der Waals surface area contributed by atoms with Gasteiger partial charge in [-0.25, -0.2) is 4.79 Å². The summed E-state index contributed by atoms with van der Waals surface area (Å²) in [6, 6.07) is 12.1. The third-order valence-corrected chi connectivity index (χ3v) is 3.40. The Hall–Kier alpha value is -4.08. The van der Waals surface area contributed by atoms with E-state index in [1.165, 1.54) is 6.08 Å². The van der Waals surface area contributed by atoms with Crippen molar-refractivity contribution >= 4 is 34.8 Å². The second-order valence-corrected chi connectivity index (χ2v) is 5.29. The number of rotatable bonds is 8. The smallest absolute Gasteiger partial charge is 0.358 e. The van der Waals surface area contributed by atoms with Gasteiger partial charge in [-0.2, -0.15) is 5.10 Å². The summed E-state index contributed by atoms with van der Waals surface area (Å²) in [5.74, 6) is -0.730. The molecule has 0 aromatic heterocycles. The van der Waals surface area contributed by atoms with Crippen molar-refractivity contribution in [2.24, 2.45) is 5.10 Å². The van der Waals surface area contributed by atoms with Gasteiger partial charge in [-0.1, -0.05) is 36.4 Å². The van der Waals surface area contributed by atoms with Crippen LogP contribution in [0.3, 0.4) is 0 Å². The fraction of sp³-hybridized carbons (Fsp3) is 0.111. The van der Waals surface area contributed by atoms with Gasteiger partial charge >= 0.3 is 11.7 Å². The molecule has 28 heavy (non-hydrogen) atoms. The molecule has 0 atom stereocenters. The maximum absolute atomic E-state index is 12.1. The molecule has 2 rings (SSSR count). The zero-order valence-corrected chi connectivity index (χ0v) is 14.8. The zero-order chi connectivity index (χ0) is 20.5. The van der Waals surface area contributed by atoms with E-state index >= 15 is 0 Å². The summed E-state index contributed by atoms with van der Waals surface area (Å²) < 4.78 is 4.92. The van der Waals surface area contributed by atoms with Crippen molar-refractivity contribution in [2.45, 2.75) is 6.92 Å². The Morgan fingerprint density at radius 2 is 1.86 bits per heavy atom. The highest BCUT2D eigenvalue weighted by Gasteiger charge is 2.20. The lowest BCUT2D eigenvalue weighted by Crippen LogP contribution is -2.17. The van der Waals surface area contributed by atoms with Crippen molar-refractivity contribution < 1.29 is 19.4 Å². The van der Waals surface area contributed by atoms with Gasteiger partial charge in [-0.3, -0.25) is 25.7 Å². The Bertz CT molecular complexity index is 940. The highest BCUT2D eigenvalue weighted by Crippen LogP contribution is 2.28. The van der Waals surface area contributed by atoms with Crippen molar-refractivity contribution in [3.05, 3.63) is 80.4 Å². The molecule has 1 N–H and O–H groups in total. The lowest BCUT2D eigenvalue weighted by Gasteiger charge is -2.05. The molecule has 2 aromatic carbocycles. The molecule has 10 heteroatoms. The molecule has 0 radical (unpaired) electrons. The van der Waals surface area contributed by atoms with Gasteiger partial charge < -0.3 is 4.74 Å². The predicted molar refractivity (Wildman–Crippen MR) is 103 cm³/mol. The van der Waals surface area contributed by atoms with Crippen molar-refractivity contribution in [2.75, 3.05) is 12.0 Å². The molecular weight excluding hydrogens is 368 g/mol. The quantitative estimate of drug-likeness (QED) is 0.318. The first-order valence-corrected chi connectivity index (χ1v) is 8.09. The van der Waals surface area contributed by atoms with Gasteiger partial charge in [0.1, 0.15) is 5.69 Å². The molecule has 144 valence electrons. The van der Waals surface area contributed by atoms with Gasteiger partial charge in [0.2, 0.25) is 0 Å². The molecule has 0 aliphatic rings. The molecule has 0 saturated heterocycles. The Labute approximate surface area is 159 Å². The molecule has 0 aliphatic heterocycles. The number of nitrogens with one attached hydrogen (secondary N) is 1. The first-order chi connectivity index (χ1) is 13.4. The van der Waals surface area contributed by atoms with E-state index in [2.05, 4.69) is 10.5 Å². The van der Waals surface area contributed by atoms with Gasteiger partial charge in [0.05, 0.1) is 22.5 Å². The van der Waals surface area contributed by atoms with Crippen LogP contribution < -0.4 is 5.43 Å². The van der Waals surface area contributed by atoms with Crippen LogP contribution in [0.4, 0.5) is 17.1 Å². The highest BCUT2D eigenvalue weighted by molar-refractivity contribution is 6.42. The number of nitro benzene ring substituents is 2. The number of nitro groups is 2. The number of hydrogen-bond donors (Lipinski definition) is 1. The Balaban J connectivity index is 2.34. The molecule has 0 unspecified atom stereocenters. The summed E-state index contributed by atoms with van der Waals surface area (Å²) in [5.41, 5.74) is 2.00. The number of ether oxygens (including phenoxy) is 1. The SMILES string of the molecule is CCOC(=O)C(/C=C/c1ccccc1)=N\Nc1ccc([N+](=O)[O-])cc1[N+](=O)[O-]. The lowest BCUT2D eigenvalue weighted by atomic mass is 10.2. The van der Waals surface area contributed by atoms with Crippen LogP contribution in [0.1, 0.15) is 12.5 Å². The molecule has 2 aromatic rings. The molecule has 10 nitrogen and oxygen atoms in total. The van der Waals surface area contributed by atoms with Gasteiger partial charge in [0.15, 0.2) is 5.71 Å². The Morgan fingerprint density at radius 1 is 1.14 bits per heavy atom. The van der Waals surface area contributed by atoms with Gasteiger partial charge in [0, 0.05) is 6.07 Å². The highest BCUT2D eigenvalue weighted by atomic mass is 16.6. The van der Waals surface area contributed by atoms with Crippen molar-refractivity contribution in [1.29, 1.82) is 0 Å². The molecule has 0 aliphatic carbocycles. The average Bonchev–Trinajstić information content (AvgIpc) is 2.68. The molecule has 0 saturated carbocycles. The molecule has 0 amide bonds. The normalized spacial score (nSPS) is 11.2. The fourth-order valence-electron chi connectivity index (χ4n) is 2.09. The molecule has 0 spiro atoms. The lowest BCUT2D eigenvalue weighted by molar-refractivity contribution is -0.393. The number of non-ortho nitro benzene ring substituents is 1. The maximum Gasteiger partial charge on any atom is 0.358 e. The molecular formula is C18H16N4O6. The minimum atomic E-state index is -0.783. The van der Waals surface area contributed by atoms with Crippen LogP contribution in [0.2, 0.25) is 0 Å². The van der Waals surface area contributed by atoms with Crippen molar-refractivity contribution in [3.63, 3.8) is 0 Å². The maximum atomic E-state index is 12.1. The van der Waals surface area contributed by atoms with E-state index in [1.807, 2.05) is 30.3 Å². The molecule has 0 heterocycles. The third-order valence-electron chi connectivity index (χ3n) is 3.40. The fourth-order valence-corrected chi connectivity index (χ4v) is 2.09. The second-order valence-electron chi connectivity index (χ2n) is 5.29. The van der Waals surface area contributed by atoms with Crippen LogP contribution in [0.25, 0.3) is 6.08 Å². The van der Waals surface area contributed by atoms with Crippen LogP contribution >= 0.6 is 0 Å². The number of hydrogen-bond acceptors (Lipinski definition) is 8. The van der Waals surface area contributed by atoms with E-state index in [0.717, 1.165) is 23.8 Å². The summed E-state index contributed by atoms with van der Waals surface area (Å²) in [6.07, 6.45) is 3.03. The minimum Gasteiger partial charge on any atom is -0.461 e. The summed E-state index contributed by atoms with van der Waals surface area (Å²) in [7, 11) is 0. The molecule has 0 bridgehead atoms. The third kappa shape index (κ3) is 5.46. The van der Waals surface area contributed by atoms with Gasteiger partial charge in [0.25, 0.3) is 5.69 Å². The van der Waals surface area contributed by atoms with Crippen LogP contribution in [-0.2, 0) is 9.53 Å². The second kappa shape index (κ2) is 9.57. The van der Waals surface area contributed by atoms with Crippen LogP contribution in [0.5, 0.6) is 0 Å². The van der Waals surface area contributed by atoms with E-state index < -0.39 is 27.2 Å². The van der Waals surface area contributed by atoms with Crippen molar-refractivity contribution in [3.8, 4) is 0 Å². The summed E-state index contributed by atoms with van der Waals surface area (Å²) >= 11 is 0. The number of hydrazone groups is 1. The number of benzene rings is 2. The number of anilines is 1. The topological polar surface area (TPSA) is 137 Å². The average molecular weight is 384 g/mol. The van der Waals surface area contributed by atoms with Crippen molar-refractivity contribution in [1.82, 2.24) is 0 Å². The van der Waals surface area contributed by atoms with Crippen LogP contribution in [0, 0.1) is 20.2 Å². The Kier molecular flexibility index (Phi) is 6.92. The Morgan fingerprint density at radius 3 is 2.46 bits per heavy atom. The van der Waals surface area contributed by atoms with Crippen LogP contribution in [0.15, 0.2) is 59.7 Å².